The Hall–Kier alpha value is -3.36. The Balaban J connectivity index is 1.62. The summed E-state index contributed by atoms with van der Waals surface area (Å²) in [7, 11) is -3.76. The van der Waals surface area contributed by atoms with Gasteiger partial charge in [0.2, 0.25) is 10.0 Å². The summed E-state index contributed by atoms with van der Waals surface area (Å²) in [6.45, 7) is 3.84. The Morgan fingerprint density at radius 2 is 1.68 bits per heavy atom. The number of sulfonamides is 1. The molecule has 1 aliphatic heterocycles. The van der Waals surface area contributed by atoms with E-state index < -0.39 is 15.9 Å². The van der Waals surface area contributed by atoms with Crippen LogP contribution in [-0.4, -0.2) is 34.0 Å². The van der Waals surface area contributed by atoms with Gasteiger partial charge in [0.25, 0.3) is 5.91 Å². The standard InChI is InChI=1S/C26H29N3O4S/c1-2-16-27-34(31,32)25-19-20(14-15-23(25)29-17-8-9-18-29)26(30)28-22-12-6-7-13-24(22)33-21-10-4-3-5-11-21/h3-7,10-15,19,27H,2,8-9,16-18H2,1H3,(H,28,30). The van der Waals surface area contributed by atoms with Gasteiger partial charge in [-0.3, -0.25) is 4.79 Å². The van der Waals surface area contributed by atoms with Gasteiger partial charge in [-0.1, -0.05) is 37.3 Å². The quantitative estimate of drug-likeness (QED) is 0.450. The van der Waals surface area contributed by atoms with Crippen molar-refractivity contribution in [3.05, 3.63) is 78.4 Å². The molecule has 4 rings (SSSR count). The molecule has 0 saturated carbocycles. The number of ether oxygens (including phenoxy) is 1. The molecule has 178 valence electrons. The normalized spacial score (nSPS) is 13.6. The van der Waals surface area contributed by atoms with E-state index in [2.05, 4.69) is 14.9 Å². The van der Waals surface area contributed by atoms with Crippen LogP contribution in [0.5, 0.6) is 11.5 Å². The van der Waals surface area contributed by atoms with Crippen molar-refractivity contribution in [2.45, 2.75) is 31.1 Å². The predicted octanol–water partition coefficient (Wildman–Crippen LogP) is 5.02. The van der Waals surface area contributed by atoms with Crippen LogP contribution in [0, 0.1) is 0 Å². The fraction of sp³-hybridized carbons (Fsp3) is 0.269. The average Bonchev–Trinajstić information content (AvgIpc) is 3.39. The summed E-state index contributed by atoms with van der Waals surface area (Å²) in [6.07, 6.45) is 2.71. The highest BCUT2D eigenvalue weighted by Gasteiger charge is 2.25. The molecule has 8 heteroatoms. The maximum absolute atomic E-state index is 13.1. The van der Waals surface area contributed by atoms with Gasteiger partial charge in [-0.15, -0.1) is 0 Å². The van der Waals surface area contributed by atoms with E-state index in [4.69, 9.17) is 4.74 Å². The van der Waals surface area contributed by atoms with Crippen molar-refractivity contribution < 1.29 is 17.9 Å². The fourth-order valence-corrected chi connectivity index (χ4v) is 5.26. The van der Waals surface area contributed by atoms with Crippen LogP contribution in [0.4, 0.5) is 11.4 Å². The van der Waals surface area contributed by atoms with Gasteiger partial charge in [0.15, 0.2) is 5.75 Å². The number of hydrogen-bond acceptors (Lipinski definition) is 5. The van der Waals surface area contributed by atoms with E-state index in [9.17, 15) is 13.2 Å². The first-order valence-electron chi connectivity index (χ1n) is 11.5. The molecule has 1 fully saturated rings. The Morgan fingerprint density at radius 3 is 2.41 bits per heavy atom. The molecule has 1 aliphatic rings. The molecule has 2 N–H and O–H groups in total. The van der Waals surface area contributed by atoms with Crippen molar-refractivity contribution in [3.63, 3.8) is 0 Å². The Morgan fingerprint density at radius 1 is 0.971 bits per heavy atom. The van der Waals surface area contributed by atoms with Crippen LogP contribution in [0.3, 0.4) is 0 Å². The van der Waals surface area contributed by atoms with Gasteiger partial charge in [-0.2, -0.15) is 0 Å². The highest BCUT2D eigenvalue weighted by atomic mass is 32.2. The minimum absolute atomic E-state index is 0.129. The van der Waals surface area contributed by atoms with E-state index in [1.54, 1.807) is 30.3 Å². The second kappa shape index (κ2) is 10.7. The zero-order valence-electron chi connectivity index (χ0n) is 19.2. The van der Waals surface area contributed by atoms with Crippen molar-refractivity contribution >= 4 is 27.3 Å². The maximum Gasteiger partial charge on any atom is 0.255 e. The molecule has 3 aromatic rings. The molecule has 0 spiro atoms. The van der Waals surface area contributed by atoms with E-state index >= 15 is 0 Å². The van der Waals surface area contributed by atoms with Gasteiger partial charge in [0, 0.05) is 25.2 Å². The third kappa shape index (κ3) is 5.58. The molecule has 0 radical (unpaired) electrons. The largest absolute Gasteiger partial charge is 0.455 e. The first kappa shape index (κ1) is 23.8. The number of carbonyl (C=O) groups is 1. The lowest BCUT2D eigenvalue weighted by Crippen LogP contribution is -2.28. The van der Waals surface area contributed by atoms with Crippen LogP contribution >= 0.6 is 0 Å². The van der Waals surface area contributed by atoms with Gasteiger partial charge >= 0.3 is 0 Å². The summed E-state index contributed by atoms with van der Waals surface area (Å²) in [6, 6.07) is 21.3. The summed E-state index contributed by atoms with van der Waals surface area (Å²) < 4.78 is 34.7. The molecule has 7 nitrogen and oxygen atoms in total. The number of nitrogens with one attached hydrogen (secondary N) is 2. The average molecular weight is 480 g/mol. The van der Waals surface area contributed by atoms with Crippen LogP contribution in [0.2, 0.25) is 0 Å². The molecule has 34 heavy (non-hydrogen) atoms. The lowest BCUT2D eigenvalue weighted by Gasteiger charge is -2.22. The Bertz CT molecular complexity index is 1240. The topological polar surface area (TPSA) is 87.7 Å². The van der Waals surface area contributed by atoms with Crippen molar-refractivity contribution in [2.24, 2.45) is 0 Å². The fourth-order valence-electron chi connectivity index (χ4n) is 3.87. The van der Waals surface area contributed by atoms with E-state index in [0.29, 0.717) is 35.8 Å². The molecule has 0 aromatic heterocycles. The molecule has 1 heterocycles. The molecule has 0 atom stereocenters. The van der Waals surface area contributed by atoms with Crippen LogP contribution in [-0.2, 0) is 10.0 Å². The second-order valence-corrected chi connectivity index (χ2v) is 9.88. The Kier molecular flexibility index (Phi) is 7.49. The van der Waals surface area contributed by atoms with Gasteiger partial charge in [-0.25, -0.2) is 13.1 Å². The molecule has 3 aromatic carbocycles. The maximum atomic E-state index is 13.1. The lowest BCUT2D eigenvalue weighted by atomic mass is 10.1. The van der Waals surface area contributed by atoms with E-state index in [-0.39, 0.29) is 10.5 Å². The van der Waals surface area contributed by atoms with E-state index in [1.165, 1.54) is 6.07 Å². The smallest absolute Gasteiger partial charge is 0.255 e. The minimum Gasteiger partial charge on any atom is -0.455 e. The molecule has 0 unspecified atom stereocenters. The van der Waals surface area contributed by atoms with E-state index in [0.717, 1.165) is 25.9 Å². The van der Waals surface area contributed by atoms with Crippen molar-refractivity contribution in [1.29, 1.82) is 0 Å². The molecule has 1 saturated heterocycles. The van der Waals surface area contributed by atoms with Crippen molar-refractivity contribution in [1.82, 2.24) is 4.72 Å². The second-order valence-electron chi connectivity index (χ2n) is 8.14. The lowest BCUT2D eigenvalue weighted by molar-refractivity contribution is 0.102. The summed E-state index contributed by atoms with van der Waals surface area (Å²) in [5.41, 5.74) is 1.38. The summed E-state index contributed by atoms with van der Waals surface area (Å²) in [4.78, 5) is 15.3. The van der Waals surface area contributed by atoms with E-state index in [1.807, 2.05) is 43.3 Å². The Labute approximate surface area is 200 Å². The van der Waals surface area contributed by atoms with Crippen LogP contribution in [0.1, 0.15) is 36.5 Å². The molecule has 1 amide bonds. The number of anilines is 2. The third-order valence-electron chi connectivity index (χ3n) is 5.61. The van der Waals surface area contributed by atoms with Crippen molar-refractivity contribution in [2.75, 3.05) is 29.9 Å². The molecular weight excluding hydrogens is 450 g/mol. The van der Waals surface area contributed by atoms with Crippen LogP contribution < -0.4 is 19.7 Å². The first-order chi connectivity index (χ1) is 16.5. The van der Waals surface area contributed by atoms with Crippen LogP contribution in [0.15, 0.2) is 77.7 Å². The summed E-state index contributed by atoms with van der Waals surface area (Å²) in [5, 5.41) is 2.87. The molecular formula is C26H29N3O4S. The molecule has 0 aliphatic carbocycles. The number of para-hydroxylation sites is 3. The van der Waals surface area contributed by atoms with Gasteiger partial charge < -0.3 is 15.0 Å². The first-order valence-corrected chi connectivity index (χ1v) is 13.0. The number of amides is 1. The van der Waals surface area contributed by atoms with Crippen LogP contribution in [0.25, 0.3) is 0 Å². The number of nitrogens with zero attached hydrogens (tertiary/aromatic N) is 1. The monoisotopic (exact) mass is 479 g/mol. The highest BCUT2D eigenvalue weighted by molar-refractivity contribution is 7.89. The number of hydrogen-bond donors (Lipinski definition) is 2. The van der Waals surface area contributed by atoms with Gasteiger partial charge in [-0.05, 0) is 61.7 Å². The zero-order valence-corrected chi connectivity index (χ0v) is 20.0. The zero-order chi connectivity index (χ0) is 24.0. The summed E-state index contributed by atoms with van der Waals surface area (Å²) >= 11 is 0. The van der Waals surface area contributed by atoms with Crippen molar-refractivity contribution in [3.8, 4) is 11.5 Å². The third-order valence-corrected chi connectivity index (χ3v) is 7.10. The molecule has 0 bridgehead atoms. The SMILES string of the molecule is CCCNS(=O)(=O)c1cc(C(=O)Nc2ccccc2Oc2ccccc2)ccc1N1CCCC1. The summed E-state index contributed by atoms with van der Waals surface area (Å²) in [5.74, 6) is 0.728. The number of benzene rings is 3. The number of carbonyl (C=O) groups excluding carboxylic acids is 1. The van der Waals surface area contributed by atoms with Gasteiger partial charge in [0.05, 0.1) is 11.4 Å². The minimum atomic E-state index is -3.76. The highest BCUT2D eigenvalue weighted by Crippen LogP contribution is 2.32. The van der Waals surface area contributed by atoms with Gasteiger partial charge in [0.1, 0.15) is 10.6 Å². The number of rotatable bonds is 9. The predicted molar refractivity (Wildman–Crippen MR) is 134 cm³/mol.